The number of nitrogens with one attached hydrogen (secondary N) is 1. The summed E-state index contributed by atoms with van der Waals surface area (Å²) in [7, 11) is 0. The minimum atomic E-state index is 0.188. The number of aromatic nitrogens is 1. The number of halogens is 2. The summed E-state index contributed by atoms with van der Waals surface area (Å²) in [5.74, 6) is 0. The van der Waals surface area contributed by atoms with E-state index < -0.39 is 0 Å². The topological polar surface area (TPSA) is 24.9 Å². The van der Waals surface area contributed by atoms with Crippen LogP contribution in [0.1, 0.15) is 30.6 Å². The average Bonchev–Trinajstić information content (AvgIpc) is 2.46. The minimum Gasteiger partial charge on any atom is -0.308 e. The highest BCUT2D eigenvalue weighted by Crippen LogP contribution is 2.19. The largest absolute Gasteiger partial charge is 0.308 e. The lowest BCUT2D eigenvalue weighted by Crippen LogP contribution is -2.24. The third-order valence-electron chi connectivity index (χ3n) is 3.10. The Balaban J connectivity index is 2.14. The molecular weight excluding hydrogens is 291 g/mol. The number of hydrogen-bond acceptors (Lipinski definition) is 2. The van der Waals surface area contributed by atoms with Crippen molar-refractivity contribution in [3.8, 4) is 0 Å². The lowest BCUT2D eigenvalue weighted by Gasteiger charge is -2.18. The monoisotopic (exact) mass is 308 g/mol. The first-order valence-electron chi connectivity index (χ1n) is 6.78. The standard InChI is InChI=1S/C16H18Cl2N2/c1-2-9-19-16(15-8-7-14(18)11-20-15)10-12-3-5-13(17)6-4-12/h3-8,11,16,19H,2,9-10H2,1H3. The van der Waals surface area contributed by atoms with Crippen LogP contribution in [-0.2, 0) is 6.42 Å². The molecule has 106 valence electrons. The highest BCUT2D eigenvalue weighted by atomic mass is 35.5. The second-order valence-electron chi connectivity index (χ2n) is 4.74. The summed E-state index contributed by atoms with van der Waals surface area (Å²) in [6, 6.07) is 12.0. The maximum atomic E-state index is 5.92. The molecule has 1 aromatic heterocycles. The number of hydrogen-bond donors (Lipinski definition) is 1. The number of benzene rings is 1. The van der Waals surface area contributed by atoms with Gasteiger partial charge in [-0.15, -0.1) is 0 Å². The predicted octanol–water partition coefficient (Wildman–Crippen LogP) is 4.67. The molecule has 1 unspecified atom stereocenters. The summed E-state index contributed by atoms with van der Waals surface area (Å²) in [4.78, 5) is 4.42. The molecule has 1 aromatic carbocycles. The fraction of sp³-hybridized carbons (Fsp3) is 0.312. The van der Waals surface area contributed by atoms with Crippen LogP contribution >= 0.6 is 23.2 Å². The molecule has 0 spiro atoms. The molecule has 1 atom stereocenters. The van der Waals surface area contributed by atoms with Crippen LogP contribution in [0, 0.1) is 0 Å². The van der Waals surface area contributed by atoms with Gasteiger partial charge in [0, 0.05) is 11.2 Å². The Bertz CT molecular complexity index is 523. The van der Waals surface area contributed by atoms with Crippen molar-refractivity contribution < 1.29 is 0 Å². The molecule has 0 fully saturated rings. The van der Waals surface area contributed by atoms with Crippen LogP contribution in [0.15, 0.2) is 42.6 Å². The summed E-state index contributed by atoms with van der Waals surface area (Å²) >= 11 is 11.8. The lowest BCUT2D eigenvalue weighted by atomic mass is 10.0. The molecule has 0 aliphatic heterocycles. The SMILES string of the molecule is CCCNC(Cc1ccc(Cl)cc1)c1ccc(Cl)cn1. The summed E-state index contributed by atoms with van der Waals surface area (Å²) in [6.07, 6.45) is 3.66. The Morgan fingerprint density at radius 1 is 1.05 bits per heavy atom. The zero-order chi connectivity index (χ0) is 14.4. The smallest absolute Gasteiger partial charge is 0.0589 e. The van der Waals surface area contributed by atoms with Crippen LogP contribution < -0.4 is 5.32 Å². The van der Waals surface area contributed by atoms with Gasteiger partial charge in [0.05, 0.1) is 16.8 Å². The molecule has 0 amide bonds. The van der Waals surface area contributed by atoms with Crippen molar-refractivity contribution in [1.82, 2.24) is 10.3 Å². The van der Waals surface area contributed by atoms with E-state index in [4.69, 9.17) is 23.2 Å². The molecule has 0 radical (unpaired) electrons. The van der Waals surface area contributed by atoms with Crippen LogP contribution in [0.3, 0.4) is 0 Å². The van der Waals surface area contributed by atoms with Crippen molar-refractivity contribution in [1.29, 1.82) is 0 Å². The van der Waals surface area contributed by atoms with Gasteiger partial charge in [0.2, 0.25) is 0 Å². The van der Waals surface area contributed by atoms with Crippen molar-refractivity contribution in [2.75, 3.05) is 6.54 Å². The van der Waals surface area contributed by atoms with E-state index in [0.29, 0.717) is 5.02 Å². The summed E-state index contributed by atoms with van der Waals surface area (Å²) < 4.78 is 0. The first kappa shape index (κ1) is 15.3. The zero-order valence-electron chi connectivity index (χ0n) is 11.4. The van der Waals surface area contributed by atoms with Gasteiger partial charge in [-0.1, -0.05) is 42.3 Å². The fourth-order valence-corrected chi connectivity index (χ4v) is 2.29. The average molecular weight is 309 g/mol. The van der Waals surface area contributed by atoms with E-state index in [2.05, 4.69) is 29.4 Å². The van der Waals surface area contributed by atoms with E-state index in [0.717, 1.165) is 30.1 Å². The van der Waals surface area contributed by atoms with Gasteiger partial charge in [0.15, 0.2) is 0 Å². The first-order valence-corrected chi connectivity index (χ1v) is 7.54. The second-order valence-corrected chi connectivity index (χ2v) is 5.61. The molecule has 20 heavy (non-hydrogen) atoms. The molecule has 2 aromatic rings. The highest BCUT2D eigenvalue weighted by Gasteiger charge is 2.12. The molecule has 2 nitrogen and oxygen atoms in total. The molecule has 2 rings (SSSR count). The summed E-state index contributed by atoms with van der Waals surface area (Å²) in [6.45, 7) is 3.12. The predicted molar refractivity (Wildman–Crippen MR) is 85.4 cm³/mol. The Morgan fingerprint density at radius 2 is 1.75 bits per heavy atom. The second kappa shape index (κ2) is 7.63. The van der Waals surface area contributed by atoms with Crippen LogP contribution in [0.25, 0.3) is 0 Å². The molecule has 0 bridgehead atoms. The molecule has 0 aliphatic carbocycles. The third kappa shape index (κ3) is 4.48. The maximum absolute atomic E-state index is 5.92. The zero-order valence-corrected chi connectivity index (χ0v) is 13.0. The van der Waals surface area contributed by atoms with Crippen LogP contribution in [0.4, 0.5) is 0 Å². The van der Waals surface area contributed by atoms with E-state index in [1.807, 2.05) is 24.3 Å². The Morgan fingerprint density at radius 3 is 2.35 bits per heavy atom. The summed E-state index contributed by atoms with van der Waals surface area (Å²) in [5, 5.41) is 4.95. The fourth-order valence-electron chi connectivity index (χ4n) is 2.05. The quantitative estimate of drug-likeness (QED) is 0.838. The molecule has 4 heteroatoms. The normalized spacial score (nSPS) is 12.3. The minimum absolute atomic E-state index is 0.188. The van der Waals surface area contributed by atoms with E-state index in [1.54, 1.807) is 6.20 Å². The summed E-state index contributed by atoms with van der Waals surface area (Å²) in [5.41, 5.74) is 2.25. The molecule has 0 saturated carbocycles. The van der Waals surface area contributed by atoms with Crippen molar-refractivity contribution >= 4 is 23.2 Å². The molecule has 0 aliphatic rings. The van der Waals surface area contributed by atoms with Crippen LogP contribution in [-0.4, -0.2) is 11.5 Å². The molecular formula is C16H18Cl2N2. The van der Waals surface area contributed by atoms with Crippen molar-refractivity contribution in [3.63, 3.8) is 0 Å². The van der Waals surface area contributed by atoms with Gasteiger partial charge >= 0.3 is 0 Å². The Hall–Kier alpha value is -1.09. The number of rotatable bonds is 6. The van der Waals surface area contributed by atoms with E-state index in [-0.39, 0.29) is 6.04 Å². The molecule has 0 saturated heterocycles. The van der Waals surface area contributed by atoms with E-state index in [9.17, 15) is 0 Å². The molecule has 1 N–H and O–H groups in total. The molecule has 1 heterocycles. The van der Waals surface area contributed by atoms with Crippen molar-refractivity contribution in [2.45, 2.75) is 25.8 Å². The van der Waals surface area contributed by atoms with Gasteiger partial charge < -0.3 is 5.32 Å². The Labute approximate surface area is 130 Å². The number of nitrogens with zero attached hydrogens (tertiary/aromatic N) is 1. The lowest BCUT2D eigenvalue weighted by molar-refractivity contribution is 0.518. The van der Waals surface area contributed by atoms with Crippen LogP contribution in [0.2, 0.25) is 10.0 Å². The van der Waals surface area contributed by atoms with Gasteiger partial charge in [-0.3, -0.25) is 4.98 Å². The van der Waals surface area contributed by atoms with E-state index in [1.165, 1.54) is 5.56 Å². The van der Waals surface area contributed by atoms with Gasteiger partial charge in [-0.2, -0.15) is 0 Å². The Kier molecular flexibility index (Phi) is 5.84. The number of pyridine rings is 1. The van der Waals surface area contributed by atoms with Crippen LogP contribution in [0.5, 0.6) is 0 Å². The first-order chi connectivity index (χ1) is 9.69. The van der Waals surface area contributed by atoms with Gasteiger partial charge in [-0.25, -0.2) is 0 Å². The van der Waals surface area contributed by atoms with Gasteiger partial charge in [0.25, 0.3) is 0 Å². The van der Waals surface area contributed by atoms with E-state index >= 15 is 0 Å². The third-order valence-corrected chi connectivity index (χ3v) is 3.58. The maximum Gasteiger partial charge on any atom is 0.0589 e. The van der Waals surface area contributed by atoms with Crippen molar-refractivity contribution in [3.05, 3.63) is 63.9 Å². The van der Waals surface area contributed by atoms with Crippen molar-refractivity contribution in [2.24, 2.45) is 0 Å². The van der Waals surface area contributed by atoms with Gasteiger partial charge in [-0.05, 0) is 49.2 Å². The van der Waals surface area contributed by atoms with Gasteiger partial charge in [0.1, 0.15) is 0 Å². The highest BCUT2D eigenvalue weighted by molar-refractivity contribution is 6.30.